The van der Waals surface area contributed by atoms with Crippen LogP contribution in [0.5, 0.6) is 0 Å². The highest BCUT2D eigenvalue weighted by atomic mass is 35.5. The van der Waals surface area contributed by atoms with Gasteiger partial charge in [0.15, 0.2) is 0 Å². The molecule has 18 heavy (non-hydrogen) atoms. The molecule has 1 aromatic heterocycles. The number of hydrogen-bond donors (Lipinski definition) is 1. The summed E-state index contributed by atoms with van der Waals surface area (Å²) in [5.74, 6) is -0.993. The zero-order valence-electron chi connectivity index (χ0n) is 10.1. The largest absolute Gasteiger partial charge is 0.478 e. The van der Waals surface area contributed by atoms with Crippen LogP contribution in [0.2, 0.25) is 5.02 Å². The summed E-state index contributed by atoms with van der Waals surface area (Å²) in [6, 6.07) is 5.54. The third-order valence-corrected chi connectivity index (χ3v) is 2.87. The molecule has 92 valence electrons. The summed E-state index contributed by atoms with van der Waals surface area (Å²) in [5.41, 5.74) is 3.46. The average Bonchev–Trinajstić information content (AvgIpc) is 2.27. The van der Waals surface area contributed by atoms with Crippen molar-refractivity contribution in [1.29, 1.82) is 0 Å². The third kappa shape index (κ3) is 2.51. The number of pyridine rings is 1. The van der Waals surface area contributed by atoms with Gasteiger partial charge in [-0.25, -0.2) is 4.79 Å². The molecule has 0 saturated heterocycles. The molecule has 0 spiro atoms. The SMILES string of the molecule is Cc1cc(C)c2cc(Cl)cc(/C=C/C(=O)O)c2n1. The molecule has 4 heteroatoms. The lowest BCUT2D eigenvalue weighted by atomic mass is 10.0. The number of halogens is 1. The summed E-state index contributed by atoms with van der Waals surface area (Å²) >= 11 is 6.04. The first-order chi connectivity index (χ1) is 8.47. The van der Waals surface area contributed by atoms with Crippen molar-refractivity contribution < 1.29 is 9.90 Å². The number of rotatable bonds is 2. The van der Waals surface area contributed by atoms with E-state index >= 15 is 0 Å². The molecule has 0 radical (unpaired) electrons. The quantitative estimate of drug-likeness (QED) is 0.841. The van der Waals surface area contributed by atoms with E-state index in [0.717, 1.165) is 28.2 Å². The van der Waals surface area contributed by atoms with Gasteiger partial charge in [0.1, 0.15) is 0 Å². The van der Waals surface area contributed by atoms with Gasteiger partial charge < -0.3 is 5.11 Å². The number of fused-ring (bicyclic) bond motifs is 1. The lowest BCUT2D eigenvalue weighted by Crippen LogP contribution is -1.92. The van der Waals surface area contributed by atoms with E-state index in [1.807, 2.05) is 26.0 Å². The van der Waals surface area contributed by atoms with Gasteiger partial charge in [-0.3, -0.25) is 4.98 Å². The van der Waals surface area contributed by atoms with Gasteiger partial charge in [-0.05, 0) is 43.7 Å². The number of aryl methyl sites for hydroxylation is 2. The van der Waals surface area contributed by atoms with E-state index < -0.39 is 5.97 Å². The number of benzene rings is 1. The Kier molecular flexibility index (Phi) is 3.34. The third-order valence-electron chi connectivity index (χ3n) is 2.65. The maximum absolute atomic E-state index is 10.6. The van der Waals surface area contributed by atoms with Crippen molar-refractivity contribution in [2.45, 2.75) is 13.8 Å². The molecule has 1 heterocycles. The highest BCUT2D eigenvalue weighted by molar-refractivity contribution is 6.31. The van der Waals surface area contributed by atoms with Gasteiger partial charge in [-0.2, -0.15) is 0 Å². The summed E-state index contributed by atoms with van der Waals surface area (Å²) in [4.78, 5) is 15.0. The molecule has 2 aromatic rings. The predicted molar refractivity (Wildman–Crippen MR) is 72.9 cm³/mol. The van der Waals surface area contributed by atoms with E-state index in [1.54, 1.807) is 6.07 Å². The fraction of sp³-hybridized carbons (Fsp3) is 0.143. The van der Waals surface area contributed by atoms with Crippen LogP contribution in [0.15, 0.2) is 24.3 Å². The van der Waals surface area contributed by atoms with Gasteiger partial charge in [0.25, 0.3) is 0 Å². The molecule has 0 atom stereocenters. The number of carboxylic acid groups (broad SMARTS) is 1. The molecule has 0 aliphatic rings. The molecule has 0 aliphatic heterocycles. The van der Waals surface area contributed by atoms with E-state index in [1.165, 1.54) is 6.08 Å². The van der Waals surface area contributed by atoms with E-state index in [0.29, 0.717) is 10.6 Å². The molecule has 1 aromatic carbocycles. The first kappa shape index (κ1) is 12.6. The Bertz CT molecular complexity index is 662. The standard InChI is InChI=1S/C14H12ClNO2/c1-8-5-9(2)16-14-10(3-4-13(17)18)6-11(15)7-12(8)14/h3-7H,1-2H3,(H,17,18)/b4-3+. The molecule has 0 saturated carbocycles. The van der Waals surface area contributed by atoms with Crippen molar-refractivity contribution in [3.8, 4) is 0 Å². The smallest absolute Gasteiger partial charge is 0.328 e. The summed E-state index contributed by atoms with van der Waals surface area (Å²) < 4.78 is 0. The summed E-state index contributed by atoms with van der Waals surface area (Å²) in [7, 11) is 0. The average molecular weight is 262 g/mol. The number of carboxylic acids is 1. The number of aromatic nitrogens is 1. The van der Waals surface area contributed by atoms with E-state index in [2.05, 4.69) is 4.98 Å². The molecule has 0 bridgehead atoms. The highest BCUT2D eigenvalue weighted by Gasteiger charge is 2.06. The van der Waals surface area contributed by atoms with Crippen molar-refractivity contribution in [2.24, 2.45) is 0 Å². The molecular formula is C14H12ClNO2. The van der Waals surface area contributed by atoms with Crippen LogP contribution in [0.3, 0.4) is 0 Å². The van der Waals surface area contributed by atoms with Crippen molar-refractivity contribution in [1.82, 2.24) is 4.98 Å². The van der Waals surface area contributed by atoms with Crippen LogP contribution >= 0.6 is 11.6 Å². The van der Waals surface area contributed by atoms with E-state index in [9.17, 15) is 4.79 Å². The molecule has 0 amide bonds. The second-order valence-corrected chi connectivity index (χ2v) is 4.58. The zero-order valence-corrected chi connectivity index (χ0v) is 10.8. The molecular weight excluding hydrogens is 250 g/mol. The van der Waals surface area contributed by atoms with Crippen LogP contribution in [0, 0.1) is 13.8 Å². The van der Waals surface area contributed by atoms with Crippen LogP contribution < -0.4 is 0 Å². The molecule has 0 unspecified atom stereocenters. The maximum atomic E-state index is 10.6. The van der Waals surface area contributed by atoms with Crippen LogP contribution in [-0.4, -0.2) is 16.1 Å². The van der Waals surface area contributed by atoms with Gasteiger partial charge >= 0.3 is 5.97 Å². The van der Waals surface area contributed by atoms with Crippen LogP contribution in [0.25, 0.3) is 17.0 Å². The summed E-state index contributed by atoms with van der Waals surface area (Å²) in [6.45, 7) is 3.89. The fourth-order valence-corrected chi connectivity index (χ4v) is 2.16. The normalized spacial score (nSPS) is 11.3. The molecule has 1 N–H and O–H groups in total. The van der Waals surface area contributed by atoms with Gasteiger partial charge in [0.05, 0.1) is 5.52 Å². The Morgan fingerprint density at radius 3 is 2.72 bits per heavy atom. The van der Waals surface area contributed by atoms with Crippen molar-refractivity contribution in [2.75, 3.05) is 0 Å². The van der Waals surface area contributed by atoms with Crippen molar-refractivity contribution >= 4 is 34.5 Å². The van der Waals surface area contributed by atoms with Crippen LogP contribution in [0.1, 0.15) is 16.8 Å². The molecule has 3 nitrogen and oxygen atoms in total. The Hall–Kier alpha value is -1.87. The van der Waals surface area contributed by atoms with E-state index in [-0.39, 0.29) is 0 Å². The second-order valence-electron chi connectivity index (χ2n) is 4.14. The number of aliphatic carboxylic acids is 1. The summed E-state index contributed by atoms with van der Waals surface area (Å²) in [6.07, 6.45) is 2.60. The Labute approximate surface area is 110 Å². The minimum Gasteiger partial charge on any atom is -0.478 e. The second kappa shape index (κ2) is 4.78. The highest BCUT2D eigenvalue weighted by Crippen LogP contribution is 2.26. The topological polar surface area (TPSA) is 50.2 Å². The lowest BCUT2D eigenvalue weighted by Gasteiger charge is -2.07. The number of carbonyl (C=O) groups is 1. The van der Waals surface area contributed by atoms with Gasteiger partial charge in [0, 0.05) is 27.7 Å². The molecule has 2 rings (SSSR count). The summed E-state index contributed by atoms with van der Waals surface area (Å²) in [5, 5.41) is 10.2. The first-order valence-corrected chi connectivity index (χ1v) is 5.83. The molecule has 0 aliphatic carbocycles. The van der Waals surface area contributed by atoms with E-state index in [4.69, 9.17) is 16.7 Å². The molecule has 0 fully saturated rings. The van der Waals surface area contributed by atoms with Crippen LogP contribution in [0.4, 0.5) is 0 Å². The number of nitrogens with zero attached hydrogens (tertiary/aromatic N) is 1. The van der Waals surface area contributed by atoms with Gasteiger partial charge in [-0.1, -0.05) is 11.6 Å². The predicted octanol–water partition coefficient (Wildman–Crippen LogP) is 3.60. The lowest BCUT2D eigenvalue weighted by molar-refractivity contribution is -0.131. The van der Waals surface area contributed by atoms with Gasteiger partial charge in [0.2, 0.25) is 0 Å². The Balaban J connectivity index is 2.75. The fourth-order valence-electron chi connectivity index (χ4n) is 1.93. The van der Waals surface area contributed by atoms with Crippen molar-refractivity contribution in [3.63, 3.8) is 0 Å². The Morgan fingerprint density at radius 2 is 2.06 bits per heavy atom. The van der Waals surface area contributed by atoms with Crippen molar-refractivity contribution in [3.05, 3.63) is 46.1 Å². The minimum absolute atomic E-state index is 0.571. The minimum atomic E-state index is -0.993. The monoisotopic (exact) mass is 261 g/mol. The Morgan fingerprint density at radius 1 is 1.33 bits per heavy atom. The zero-order chi connectivity index (χ0) is 13.3. The maximum Gasteiger partial charge on any atom is 0.328 e. The van der Waals surface area contributed by atoms with Gasteiger partial charge in [-0.15, -0.1) is 0 Å². The number of hydrogen-bond acceptors (Lipinski definition) is 2. The van der Waals surface area contributed by atoms with Crippen LogP contribution in [-0.2, 0) is 4.79 Å². The first-order valence-electron chi connectivity index (χ1n) is 5.46.